The van der Waals surface area contributed by atoms with E-state index in [1.165, 1.54) is 5.56 Å². The molecule has 0 unspecified atom stereocenters. The van der Waals surface area contributed by atoms with E-state index in [0.717, 1.165) is 51.3 Å². The molecule has 2 aromatic heterocycles. The van der Waals surface area contributed by atoms with E-state index in [1.807, 2.05) is 29.4 Å². The van der Waals surface area contributed by atoms with Crippen molar-refractivity contribution in [3.05, 3.63) is 53.6 Å². The van der Waals surface area contributed by atoms with Crippen molar-refractivity contribution in [1.82, 2.24) is 19.8 Å². The Balaban J connectivity index is 1.58. The number of carbonyl (C=O) groups is 1. The van der Waals surface area contributed by atoms with Crippen LogP contribution in [0.25, 0.3) is 0 Å². The standard InChI is InChI=1S/C18H24N4O/c1-2-16-4-5-17(20-16)18(23)22-11-3-10-21(12-13-22)14-15-6-8-19-9-7-15/h4-9,20H,2-3,10-14H2,1H3. The number of hydrogen-bond acceptors (Lipinski definition) is 3. The average Bonchev–Trinajstić information content (AvgIpc) is 2.95. The van der Waals surface area contributed by atoms with Crippen molar-refractivity contribution < 1.29 is 4.79 Å². The molecule has 0 saturated carbocycles. The number of amides is 1. The molecule has 122 valence electrons. The SMILES string of the molecule is CCc1ccc(C(=O)N2CCCN(Cc3ccncc3)CC2)[nH]1. The van der Waals surface area contributed by atoms with Crippen LogP contribution in [0, 0.1) is 0 Å². The van der Waals surface area contributed by atoms with Gasteiger partial charge in [0, 0.05) is 50.8 Å². The Bertz CT molecular complexity index is 637. The summed E-state index contributed by atoms with van der Waals surface area (Å²) < 4.78 is 0. The summed E-state index contributed by atoms with van der Waals surface area (Å²) in [6.07, 6.45) is 5.60. The van der Waals surface area contributed by atoms with Gasteiger partial charge in [0.1, 0.15) is 5.69 Å². The molecule has 1 fully saturated rings. The number of nitrogens with one attached hydrogen (secondary N) is 1. The van der Waals surface area contributed by atoms with E-state index in [1.54, 1.807) is 0 Å². The van der Waals surface area contributed by atoms with E-state index >= 15 is 0 Å². The van der Waals surface area contributed by atoms with Crippen molar-refractivity contribution in [2.75, 3.05) is 26.2 Å². The summed E-state index contributed by atoms with van der Waals surface area (Å²) >= 11 is 0. The van der Waals surface area contributed by atoms with Crippen molar-refractivity contribution in [3.8, 4) is 0 Å². The molecule has 0 aliphatic carbocycles. The first kappa shape index (κ1) is 15.7. The van der Waals surface area contributed by atoms with Crippen molar-refractivity contribution in [2.24, 2.45) is 0 Å². The van der Waals surface area contributed by atoms with Gasteiger partial charge in [-0.1, -0.05) is 6.92 Å². The second kappa shape index (κ2) is 7.42. The number of pyridine rings is 1. The molecule has 5 heteroatoms. The molecule has 2 aromatic rings. The van der Waals surface area contributed by atoms with Crippen molar-refractivity contribution >= 4 is 5.91 Å². The third kappa shape index (κ3) is 3.99. The van der Waals surface area contributed by atoms with Gasteiger partial charge in [0.2, 0.25) is 0 Å². The highest BCUT2D eigenvalue weighted by molar-refractivity contribution is 5.92. The van der Waals surface area contributed by atoms with E-state index in [9.17, 15) is 4.79 Å². The topological polar surface area (TPSA) is 52.2 Å². The fourth-order valence-electron chi connectivity index (χ4n) is 3.02. The second-order valence-corrected chi connectivity index (χ2v) is 6.03. The first-order chi connectivity index (χ1) is 11.3. The number of aryl methyl sites for hydroxylation is 1. The van der Waals surface area contributed by atoms with E-state index in [2.05, 4.69) is 33.9 Å². The molecule has 0 atom stereocenters. The Morgan fingerprint density at radius 1 is 1.13 bits per heavy atom. The summed E-state index contributed by atoms with van der Waals surface area (Å²) in [6, 6.07) is 8.01. The second-order valence-electron chi connectivity index (χ2n) is 6.03. The first-order valence-electron chi connectivity index (χ1n) is 8.34. The van der Waals surface area contributed by atoms with Crippen molar-refractivity contribution in [1.29, 1.82) is 0 Å². The predicted molar refractivity (Wildman–Crippen MR) is 90.2 cm³/mol. The molecule has 0 aromatic carbocycles. The number of aromatic nitrogens is 2. The molecule has 3 heterocycles. The lowest BCUT2D eigenvalue weighted by atomic mass is 10.2. The zero-order chi connectivity index (χ0) is 16.1. The Morgan fingerprint density at radius 3 is 2.70 bits per heavy atom. The summed E-state index contributed by atoms with van der Waals surface area (Å²) in [6.45, 7) is 6.55. The fourth-order valence-corrected chi connectivity index (χ4v) is 3.02. The van der Waals surface area contributed by atoms with E-state index in [-0.39, 0.29) is 5.91 Å². The van der Waals surface area contributed by atoms with Crippen LogP contribution >= 0.6 is 0 Å². The van der Waals surface area contributed by atoms with Crippen LogP contribution in [-0.2, 0) is 13.0 Å². The van der Waals surface area contributed by atoms with Crippen LogP contribution in [0.3, 0.4) is 0 Å². The maximum absolute atomic E-state index is 12.6. The quantitative estimate of drug-likeness (QED) is 0.942. The zero-order valence-electron chi connectivity index (χ0n) is 13.7. The number of nitrogens with zero attached hydrogens (tertiary/aromatic N) is 3. The van der Waals surface area contributed by atoms with Crippen LogP contribution in [0.2, 0.25) is 0 Å². The smallest absolute Gasteiger partial charge is 0.270 e. The molecule has 1 saturated heterocycles. The summed E-state index contributed by atoms with van der Waals surface area (Å²) in [7, 11) is 0. The minimum Gasteiger partial charge on any atom is -0.354 e. The molecule has 23 heavy (non-hydrogen) atoms. The maximum Gasteiger partial charge on any atom is 0.270 e. The van der Waals surface area contributed by atoms with Crippen LogP contribution in [0.5, 0.6) is 0 Å². The monoisotopic (exact) mass is 312 g/mol. The van der Waals surface area contributed by atoms with E-state index < -0.39 is 0 Å². The van der Waals surface area contributed by atoms with Gasteiger partial charge in [-0.2, -0.15) is 0 Å². The number of hydrogen-bond donors (Lipinski definition) is 1. The Kier molecular flexibility index (Phi) is 5.08. The van der Waals surface area contributed by atoms with Gasteiger partial charge in [0.15, 0.2) is 0 Å². The van der Waals surface area contributed by atoms with Crippen LogP contribution in [0.1, 0.15) is 35.1 Å². The average molecular weight is 312 g/mol. The van der Waals surface area contributed by atoms with E-state index in [4.69, 9.17) is 0 Å². The van der Waals surface area contributed by atoms with Crippen LogP contribution < -0.4 is 0 Å². The van der Waals surface area contributed by atoms with Crippen LogP contribution in [-0.4, -0.2) is 51.9 Å². The van der Waals surface area contributed by atoms with Crippen molar-refractivity contribution in [3.63, 3.8) is 0 Å². The third-order valence-corrected chi connectivity index (χ3v) is 4.39. The summed E-state index contributed by atoms with van der Waals surface area (Å²) in [4.78, 5) is 24.3. The van der Waals surface area contributed by atoms with Gasteiger partial charge in [0.05, 0.1) is 0 Å². The Labute approximate surface area is 137 Å². The van der Waals surface area contributed by atoms with E-state index in [0.29, 0.717) is 5.69 Å². The summed E-state index contributed by atoms with van der Waals surface area (Å²) in [5, 5.41) is 0. The molecule has 0 radical (unpaired) electrons. The highest BCUT2D eigenvalue weighted by atomic mass is 16.2. The lowest BCUT2D eigenvalue weighted by Gasteiger charge is -2.21. The minimum atomic E-state index is 0.121. The van der Waals surface area contributed by atoms with Crippen LogP contribution in [0.4, 0.5) is 0 Å². The predicted octanol–water partition coefficient (Wildman–Crippen LogP) is 2.32. The summed E-state index contributed by atoms with van der Waals surface area (Å²) in [5.74, 6) is 0.121. The van der Waals surface area contributed by atoms with Gasteiger partial charge in [0.25, 0.3) is 5.91 Å². The number of carbonyl (C=O) groups excluding carboxylic acids is 1. The maximum atomic E-state index is 12.6. The number of H-pyrrole nitrogens is 1. The minimum absolute atomic E-state index is 0.121. The molecule has 3 rings (SSSR count). The molecular formula is C18H24N4O. The normalized spacial score (nSPS) is 16.3. The molecule has 1 amide bonds. The molecule has 0 spiro atoms. The lowest BCUT2D eigenvalue weighted by molar-refractivity contribution is 0.0756. The molecule has 0 bridgehead atoms. The lowest BCUT2D eigenvalue weighted by Crippen LogP contribution is -2.35. The van der Waals surface area contributed by atoms with Gasteiger partial charge in [-0.05, 0) is 42.7 Å². The highest BCUT2D eigenvalue weighted by Crippen LogP contribution is 2.12. The van der Waals surface area contributed by atoms with Gasteiger partial charge in [-0.15, -0.1) is 0 Å². The summed E-state index contributed by atoms with van der Waals surface area (Å²) in [5.41, 5.74) is 3.10. The van der Waals surface area contributed by atoms with Gasteiger partial charge in [-0.3, -0.25) is 14.7 Å². The number of rotatable bonds is 4. The third-order valence-electron chi connectivity index (χ3n) is 4.39. The first-order valence-corrected chi connectivity index (χ1v) is 8.34. The molecule has 5 nitrogen and oxygen atoms in total. The van der Waals surface area contributed by atoms with Gasteiger partial charge in [-0.25, -0.2) is 0 Å². The highest BCUT2D eigenvalue weighted by Gasteiger charge is 2.21. The Morgan fingerprint density at radius 2 is 1.96 bits per heavy atom. The molecule has 1 aliphatic rings. The largest absolute Gasteiger partial charge is 0.354 e. The molecule has 1 aliphatic heterocycles. The zero-order valence-corrected chi connectivity index (χ0v) is 13.7. The van der Waals surface area contributed by atoms with Crippen LogP contribution in [0.15, 0.2) is 36.7 Å². The van der Waals surface area contributed by atoms with Crippen molar-refractivity contribution in [2.45, 2.75) is 26.3 Å². The molecular weight excluding hydrogens is 288 g/mol. The fraction of sp³-hybridized carbons (Fsp3) is 0.444. The Hall–Kier alpha value is -2.14. The number of aromatic amines is 1. The molecule has 1 N–H and O–H groups in total. The van der Waals surface area contributed by atoms with Gasteiger partial charge < -0.3 is 9.88 Å². The van der Waals surface area contributed by atoms with Gasteiger partial charge >= 0.3 is 0 Å².